The van der Waals surface area contributed by atoms with E-state index in [0.717, 1.165) is 12.8 Å². The Bertz CT molecular complexity index is 420. The topological polar surface area (TPSA) is 55.0 Å². The van der Waals surface area contributed by atoms with Crippen molar-refractivity contribution in [3.05, 3.63) is 22.2 Å². The number of ether oxygens (including phenoxy) is 1. The third kappa shape index (κ3) is 3.32. The number of nitrogens with zero attached hydrogens (tertiary/aromatic N) is 1. The zero-order chi connectivity index (χ0) is 12.3. The van der Waals surface area contributed by atoms with Crippen LogP contribution in [0, 0.1) is 0 Å². The van der Waals surface area contributed by atoms with E-state index >= 15 is 0 Å². The SMILES string of the molecule is CC(C)c1nc(OC2CCCCC2)cc(=O)[nH]1. The molecule has 4 heteroatoms. The van der Waals surface area contributed by atoms with Crippen LogP contribution in [0.25, 0.3) is 0 Å². The monoisotopic (exact) mass is 236 g/mol. The third-order valence-electron chi connectivity index (χ3n) is 3.12. The zero-order valence-electron chi connectivity index (χ0n) is 10.5. The molecular formula is C13H20N2O2. The van der Waals surface area contributed by atoms with E-state index < -0.39 is 0 Å². The molecule has 2 rings (SSSR count). The minimum absolute atomic E-state index is 0.130. The summed E-state index contributed by atoms with van der Waals surface area (Å²) in [7, 11) is 0. The molecule has 0 aliphatic heterocycles. The lowest BCUT2D eigenvalue weighted by atomic mass is 9.98. The van der Waals surface area contributed by atoms with Crippen LogP contribution in [0.3, 0.4) is 0 Å². The lowest BCUT2D eigenvalue weighted by Gasteiger charge is -2.22. The maximum absolute atomic E-state index is 11.5. The van der Waals surface area contributed by atoms with Gasteiger partial charge in [0, 0.05) is 5.92 Å². The number of hydrogen-bond donors (Lipinski definition) is 1. The van der Waals surface area contributed by atoms with Crippen LogP contribution in [0.1, 0.15) is 57.7 Å². The lowest BCUT2D eigenvalue weighted by molar-refractivity contribution is 0.147. The Hall–Kier alpha value is -1.32. The van der Waals surface area contributed by atoms with Crippen molar-refractivity contribution in [1.82, 2.24) is 9.97 Å². The van der Waals surface area contributed by atoms with Crippen molar-refractivity contribution in [3.63, 3.8) is 0 Å². The Morgan fingerprint density at radius 3 is 2.71 bits per heavy atom. The number of rotatable bonds is 3. The first-order chi connectivity index (χ1) is 8.15. The highest BCUT2D eigenvalue weighted by atomic mass is 16.5. The highest BCUT2D eigenvalue weighted by Crippen LogP contribution is 2.22. The second kappa shape index (κ2) is 5.34. The molecular weight excluding hydrogens is 216 g/mol. The predicted molar refractivity (Wildman–Crippen MR) is 66.4 cm³/mol. The molecule has 0 unspecified atom stereocenters. The van der Waals surface area contributed by atoms with Gasteiger partial charge >= 0.3 is 0 Å². The van der Waals surface area contributed by atoms with Crippen molar-refractivity contribution in [2.75, 3.05) is 0 Å². The maximum Gasteiger partial charge on any atom is 0.254 e. The van der Waals surface area contributed by atoms with Crippen molar-refractivity contribution >= 4 is 0 Å². The molecule has 0 radical (unpaired) electrons. The highest BCUT2D eigenvalue weighted by Gasteiger charge is 2.16. The van der Waals surface area contributed by atoms with Gasteiger partial charge in [0.2, 0.25) is 5.88 Å². The Morgan fingerprint density at radius 1 is 1.35 bits per heavy atom. The minimum atomic E-state index is -0.130. The normalized spacial score (nSPS) is 17.4. The Balaban J connectivity index is 2.11. The van der Waals surface area contributed by atoms with Gasteiger partial charge in [-0.15, -0.1) is 0 Å². The van der Waals surface area contributed by atoms with Crippen molar-refractivity contribution < 1.29 is 4.74 Å². The molecule has 0 saturated heterocycles. The van der Waals surface area contributed by atoms with E-state index in [-0.39, 0.29) is 17.6 Å². The smallest absolute Gasteiger partial charge is 0.254 e. The molecule has 1 aromatic heterocycles. The number of aromatic amines is 1. The van der Waals surface area contributed by atoms with Gasteiger partial charge in [-0.1, -0.05) is 20.3 Å². The van der Waals surface area contributed by atoms with Gasteiger partial charge in [-0.05, 0) is 25.7 Å². The summed E-state index contributed by atoms with van der Waals surface area (Å²) in [5, 5.41) is 0. The van der Waals surface area contributed by atoms with Crippen molar-refractivity contribution in [2.24, 2.45) is 0 Å². The van der Waals surface area contributed by atoms with Crippen molar-refractivity contribution in [3.8, 4) is 5.88 Å². The second-order valence-electron chi connectivity index (χ2n) is 5.00. The fourth-order valence-electron chi connectivity index (χ4n) is 2.14. The molecule has 1 aliphatic rings. The van der Waals surface area contributed by atoms with Gasteiger partial charge in [0.05, 0.1) is 6.07 Å². The summed E-state index contributed by atoms with van der Waals surface area (Å²) in [6, 6.07) is 1.44. The van der Waals surface area contributed by atoms with Crippen LogP contribution in [-0.2, 0) is 0 Å². The van der Waals surface area contributed by atoms with Gasteiger partial charge in [-0.2, -0.15) is 4.98 Å². The summed E-state index contributed by atoms with van der Waals surface area (Å²) < 4.78 is 5.80. The molecule has 0 atom stereocenters. The van der Waals surface area contributed by atoms with Crippen LogP contribution in [-0.4, -0.2) is 16.1 Å². The molecule has 94 valence electrons. The number of hydrogen-bond acceptors (Lipinski definition) is 3. The van der Waals surface area contributed by atoms with Crippen LogP contribution in [0.15, 0.2) is 10.9 Å². The molecule has 4 nitrogen and oxygen atoms in total. The van der Waals surface area contributed by atoms with Crippen LogP contribution in [0.2, 0.25) is 0 Å². The van der Waals surface area contributed by atoms with Gasteiger partial charge in [0.15, 0.2) is 0 Å². The highest BCUT2D eigenvalue weighted by molar-refractivity contribution is 5.11. The van der Waals surface area contributed by atoms with E-state index in [9.17, 15) is 4.79 Å². The molecule has 1 aromatic rings. The van der Waals surface area contributed by atoms with E-state index in [4.69, 9.17) is 4.74 Å². The summed E-state index contributed by atoms with van der Waals surface area (Å²) in [6.45, 7) is 4.01. The van der Waals surface area contributed by atoms with Crippen LogP contribution >= 0.6 is 0 Å². The average Bonchev–Trinajstić information content (AvgIpc) is 2.29. The minimum Gasteiger partial charge on any atom is -0.474 e. The lowest BCUT2D eigenvalue weighted by Crippen LogP contribution is -2.22. The first-order valence-corrected chi connectivity index (χ1v) is 6.43. The van der Waals surface area contributed by atoms with E-state index in [1.54, 1.807) is 0 Å². The molecule has 0 bridgehead atoms. The van der Waals surface area contributed by atoms with Gasteiger partial charge in [0.25, 0.3) is 5.56 Å². The number of aromatic nitrogens is 2. The Kier molecular flexibility index (Phi) is 3.82. The Morgan fingerprint density at radius 2 is 2.06 bits per heavy atom. The fourth-order valence-corrected chi connectivity index (χ4v) is 2.14. The fraction of sp³-hybridized carbons (Fsp3) is 0.692. The standard InChI is InChI=1S/C13H20N2O2/c1-9(2)13-14-11(16)8-12(15-13)17-10-6-4-3-5-7-10/h8-10H,3-7H2,1-2H3,(H,14,15,16). The Labute approximate surface area is 101 Å². The van der Waals surface area contributed by atoms with Crippen molar-refractivity contribution in [1.29, 1.82) is 0 Å². The van der Waals surface area contributed by atoms with Crippen LogP contribution < -0.4 is 10.3 Å². The summed E-state index contributed by atoms with van der Waals surface area (Å²) in [4.78, 5) is 18.6. The molecule has 1 aliphatic carbocycles. The van der Waals surface area contributed by atoms with Crippen molar-refractivity contribution in [2.45, 2.75) is 58.0 Å². The van der Waals surface area contributed by atoms with Gasteiger partial charge in [-0.25, -0.2) is 0 Å². The molecule has 0 amide bonds. The largest absolute Gasteiger partial charge is 0.474 e. The maximum atomic E-state index is 11.5. The molecule has 0 spiro atoms. The molecule has 1 heterocycles. The van der Waals surface area contributed by atoms with Crippen LogP contribution in [0.5, 0.6) is 5.88 Å². The molecule has 0 aromatic carbocycles. The molecule has 1 fully saturated rings. The van der Waals surface area contributed by atoms with Gasteiger partial charge < -0.3 is 9.72 Å². The number of nitrogens with one attached hydrogen (secondary N) is 1. The van der Waals surface area contributed by atoms with Crippen LogP contribution in [0.4, 0.5) is 0 Å². The first kappa shape index (κ1) is 12.1. The molecule has 17 heavy (non-hydrogen) atoms. The summed E-state index contributed by atoms with van der Waals surface area (Å²) in [5.74, 6) is 1.38. The average molecular weight is 236 g/mol. The predicted octanol–water partition coefficient (Wildman–Crippen LogP) is 2.60. The van der Waals surface area contributed by atoms with Gasteiger partial charge in [-0.3, -0.25) is 4.79 Å². The van der Waals surface area contributed by atoms with Gasteiger partial charge in [0.1, 0.15) is 11.9 Å². The molecule has 1 N–H and O–H groups in total. The number of H-pyrrole nitrogens is 1. The summed E-state index contributed by atoms with van der Waals surface area (Å²) in [5.41, 5.74) is -0.130. The third-order valence-corrected chi connectivity index (χ3v) is 3.12. The zero-order valence-corrected chi connectivity index (χ0v) is 10.5. The van der Waals surface area contributed by atoms with E-state index in [2.05, 4.69) is 9.97 Å². The molecule has 1 saturated carbocycles. The first-order valence-electron chi connectivity index (χ1n) is 6.43. The summed E-state index contributed by atoms with van der Waals surface area (Å²) >= 11 is 0. The van der Waals surface area contributed by atoms with E-state index in [1.807, 2.05) is 13.8 Å². The second-order valence-corrected chi connectivity index (χ2v) is 5.00. The summed E-state index contributed by atoms with van der Waals surface area (Å²) in [6.07, 6.45) is 6.10. The van der Waals surface area contributed by atoms with E-state index in [1.165, 1.54) is 25.3 Å². The van der Waals surface area contributed by atoms with E-state index in [0.29, 0.717) is 11.7 Å². The quantitative estimate of drug-likeness (QED) is 0.877.